The van der Waals surface area contributed by atoms with Crippen LogP contribution in [-0.2, 0) is 22.7 Å². The number of oxime groups is 1. The molecule has 26 heavy (non-hydrogen) atoms. The molecule has 0 radical (unpaired) electrons. The van der Waals surface area contributed by atoms with Gasteiger partial charge in [-0.25, -0.2) is 0 Å². The van der Waals surface area contributed by atoms with E-state index in [-0.39, 0.29) is 17.9 Å². The fourth-order valence-electron chi connectivity index (χ4n) is 3.05. The summed E-state index contributed by atoms with van der Waals surface area (Å²) >= 11 is 0. The van der Waals surface area contributed by atoms with E-state index < -0.39 is 5.91 Å². The average Bonchev–Trinajstić information content (AvgIpc) is 2.92. The van der Waals surface area contributed by atoms with Crippen LogP contribution in [-0.4, -0.2) is 24.3 Å². The number of ether oxygens (including phenoxy) is 2. The minimum Gasteiger partial charge on any atom is -0.485 e. The second kappa shape index (κ2) is 7.07. The monoisotopic (exact) mass is 354 g/mol. The van der Waals surface area contributed by atoms with Crippen LogP contribution in [0.3, 0.4) is 0 Å². The van der Waals surface area contributed by atoms with Crippen LogP contribution in [0.15, 0.2) is 47.6 Å². The minimum atomic E-state index is -0.662. The van der Waals surface area contributed by atoms with Crippen molar-refractivity contribution in [2.24, 2.45) is 10.9 Å². The minimum absolute atomic E-state index is 0.0578. The lowest BCUT2D eigenvalue weighted by atomic mass is 10.0. The molecule has 2 aromatic carbocycles. The van der Waals surface area contributed by atoms with Crippen LogP contribution >= 0.6 is 0 Å². The van der Waals surface area contributed by atoms with Gasteiger partial charge in [-0.15, -0.1) is 0 Å². The number of carbonyl (C=O) groups excluding carboxylic acids is 1. The first kappa shape index (κ1) is 17.8. The molecule has 136 valence electrons. The van der Waals surface area contributed by atoms with Crippen molar-refractivity contribution < 1.29 is 19.1 Å². The number of primary amides is 1. The predicted octanol–water partition coefficient (Wildman–Crippen LogP) is 2.81. The Bertz CT molecular complexity index is 859. The van der Waals surface area contributed by atoms with Crippen molar-refractivity contribution in [1.29, 1.82) is 0 Å². The molecule has 0 aliphatic carbocycles. The molecule has 0 saturated carbocycles. The van der Waals surface area contributed by atoms with Gasteiger partial charge in [-0.1, -0.05) is 41.6 Å². The smallest absolute Gasteiger partial charge is 0.271 e. The Hall–Kier alpha value is -3.02. The van der Waals surface area contributed by atoms with Gasteiger partial charge in [0.2, 0.25) is 0 Å². The normalized spacial score (nSPS) is 15.1. The standard InChI is InChI=1S/C20H22N2O4/c1-20(2)11-13-8-6-10-16(18(13)26-20)25-12-14-7-4-5-9-15(14)17(19(21)23)22-24-3/h4-10H,11-12H2,1-3H3,(H2,21,23)/b22-17+. The lowest BCUT2D eigenvalue weighted by Crippen LogP contribution is -2.26. The van der Waals surface area contributed by atoms with E-state index in [1.54, 1.807) is 12.1 Å². The molecule has 0 unspecified atom stereocenters. The molecule has 0 aromatic heterocycles. The van der Waals surface area contributed by atoms with Gasteiger partial charge in [-0.2, -0.15) is 0 Å². The van der Waals surface area contributed by atoms with Crippen LogP contribution in [0.2, 0.25) is 0 Å². The molecule has 2 N–H and O–H groups in total. The van der Waals surface area contributed by atoms with Crippen LogP contribution < -0.4 is 15.2 Å². The molecule has 0 spiro atoms. The Morgan fingerprint density at radius 1 is 1.23 bits per heavy atom. The summed E-state index contributed by atoms with van der Waals surface area (Å²) in [5.41, 5.74) is 7.71. The summed E-state index contributed by atoms with van der Waals surface area (Å²) in [5, 5.41) is 3.75. The number of nitrogens with zero attached hydrogens (tertiary/aromatic N) is 1. The van der Waals surface area contributed by atoms with E-state index in [1.807, 2.05) is 44.2 Å². The fraction of sp³-hybridized carbons (Fsp3) is 0.300. The molecule has 6 nitrogen and oxygen atoms in total. The van der Waals surface area contributed by atoms with Gasteiger partial charge in [-0.3, -0.25) is 4.79 Å². The number of nitrogens with two attached hydrogens (primary N) is 1. The third-order valence-corrected chi connectivity index (χ3v) is 4.13. The van der Waals surface area contributed by atoms with Crippen LogP contribution in [0, 0.1) is 0 Å². The zero-order valence-corrected chi connectivity index (χ0v) is 15.1. The Balaban J connectivity index is 1.86. The predicted molar refractivity (Wildman–Crippen MR) is 98.4 cm³/mol. The topological polar surface area (TPSA) is 83.1 Å². The highest BCUT2D eigenvalue weighted by atomic mass is 16.6. The molecule has 3 rings (SSSR count). The fourth-order valence-corrected chi connectivity index (χ4v) is 3.05. The van der Waals surface area contributed by atoms with Crippen molar-refractivity contribution in [2.75, 3.05) is 7.11 Å². The van der Waals surface area contributed by atoms with E-state index in [2.05, 4.69) is 5.16 Å². The quantitative estimate of drug-likeness (QED) is 0.639. The molecule has 0 saturated heterocycles. The first-order chi connectivity index (χ1) is 12.4. The zero-order chi connectivity index (χ0) is 18.7. The molecule has 0 fully saturated rings. The largest absolute Gasteiger partial charge is 0.485 e. The highest BCUT2D eigenvalue weighted by Gasteiger charge is 2.32. The highest BCUT2D eigenvalue weighted by molar-refractivity contribution is 6.45. The molecule has 6 heteroatoms. The maximum atomic E-state index is 11.7. The van der Waals surface area contributed by atoms with Crippen LogP contribution in [0.1, 0.15) is 30.5 Å². The third-order valence-electron chi connectivity index (χ3n) is 4.13. The maximum Gasteiger partial charge on any atom is 0.271 e. The molecule has 1 amide bonds. The Morgan fingerprint density at radius 2 is 2.00 bits per heavy atom. The van der Waals surface area contributed by atoms with E-state index in [9.17, 15) is 4.79 Å². The molecule has 1 heterocycles. The number of hydrogen-bond donors (Lipinski definition) is 1. The number of para-hydroxylation sites is 1. The molecule has 1 aliphatic rings. The van der Waals surface area contributed by atoms with Crippen molar-refractivity contribution in [2.45, 2.75) is 32.5 Å². The van der Waals surface area contributed by atoms with Crippen molar-refractivity contribution in [1.82, 2.24) is 0 Å². The van der Waals surface area contributed by atoms with Gasteiger partial charge >= 0.3 is 0 Å². The highest BCUT2D eigenvalue weighted by Crippen LogP contribution is 2.42. The van der Waals surface area contributed by atoms with Gasteiger partial charge in [-0.05, 0) is 25.5 Å². The van der Waals surface area contributed by atoms with Crippen LogP contribution in [0.5, 0.6) is 11.5 Å². The van der Waals surface area contributed by atoms with Crippen molar-refractivity contribution >= 4 is 11.6 Å². The van der Waals surface area contributed by atoms with Crippen molar-refractivity contribution in [3.63, 3.8) is 0 Å². The summed E-state index contributed by atoms with van der Waals surface area (Å²) < 4.78 is 12.0. The summed E-state index contributed by atoms with van der Waals surface area (Å²) in [4.78, 5) is 16.4. The van der Waals surface area contributed by atoms with Crippen LogP contribution in [0.4, 0.5) is 0 Å². The Labute approximate surface area is 152 Å². The zero-order valence-electron chi connectivity index (χ0n) is 15.1. The lowest BCUT2D eigenvalue weighted by Gasteiger charge is -2.18. The molecular weight excluding hydrogens is 332 g/mol. The summed E-state index contributed by atoms with van der Waals surface area (Å²) in [6, 6.07) is 13.2. The van der Waals surface area contributed by atoms with E-state index in [4.69, 9.17) is 20.0 Å². The number of hydrogen-bond acceptors (Lipinski definition) is 5. The van der Waals surface area contributed by atoms with E-state index in [1.165, 1.54) is 7.11 Å². The SMILES string of the molecule is CO/N=C(/C(N)=O)c1ccccc1COc1cccc2c1OC(C)(C)C2. The van der Waals surface area contributed by atoms with Gasteiger partial charge in [0, 0.05) is 17.5 Å². The van der Waals surface area contributed by atoms with Gasteiger partial charge in [0.1, 0.15) is 19.3 Å². The molecular formula is C20H22N2O4. The summed E-state index contributed by atoms with van der Waals surface area (Å²) in [5.74, 6) is 0.785. The number of benzene rings is 2. The van der Waals surface area contributed by atoms with Gasteiger partial charge in [0.05, 0.1) is 0 Å². The third kappa shape index (κ3) is 3.64. The second-order valence-corrected chi connectivity index (χ2v) is 6.72. The number of rotatable bonds is 6. The lowest BCUT2D eigenvalue weighted by molar-refractivity contribution is -0.112. The maximum absolute atomic E-state index is 11.7. The van der Waals surface area contributed by atoms with E-state index >= 15 is 0 Å². The van der Waals surface area contributed by atoms with Crippen LogP contribution in [0.25, 0.3) is 0 Å². The van der Waals surface area contributed by atoms with Crippen molar-refractivity contribution in [3.05, 3.63) is 59.2 Å². The summed E-state index contributed by atoms with van der Waals surface area (Å²) in [6.07, 6.45) is 0.836. The number of fused-ring (bicyclic) bond motifs is 1. The number of amides is 1. The van der Waals surface area contributed by atoms with E-state index in [0.717, 1.165) is 23.3 Å². The summed E-state index contributed by atoms with van der Waals surface area (Å²) in [6.45, 7) is 4.34. The molecule has 1 aliphatic heterocycles. The van der Waals surface area contributed by atoms with E-state index in [0.29, 0.717) is 11.3 Å². The number of carbonyl (C=O) groups is 1. The molecule has 0 atom stereocenters. The second-order valence-electron chi connectivity index (χ2n) is 6.72. The first-order valence-corrected chi connectivity index (χ1v) is 8.34. The summed E-state index contributed by atoms with van der Waals surface area (Å²) in [7, 11) is 1.37. The van der Waals surface area contributed by atoms with Gasteiger partial charge in [0.15, 0.2) is 17.2 Å². The molecule has 0 bridgehead atoms. The first-order valence-electron chi connectivity index (χ1n) is 8.34. The Morgan fingerprint density at radius 3 is 2.73 bits per heavy atom. The van der Waals surface area contributed by atoms with Gasteiger partial charge in [0.25, 0.3) is 5.91 Å². The van der Waals surface area contributed by atoms with Gasteiger partial charge < -0.3 is 20.0 Å². The molecule has 2 aromatic rings. The Kier molecular flexibility index (Phi) is 4.84. The van der Waals surface area contributed by atoms with Crippen molar-refractivity contribution in [3.8, 4) is 11.5 Å². The average molecular weight is 354 g/mol.